The monoisotopic (exact) mass is 484 g/mol. The molecule has 1 aliphatic heterocycles. The van der Waals surface area contributed by atoms with Crippen molar-refractivity contribution in [3.63, 3.8) is 0 Å². The molecule has 1 saturated heterocycles. The number of ketones is 1. The Morgan fingerprint density at radius 3 is 2.40 bits per heavy atom. The molecule has 4 rings (SSSR count). The number of aromatic nitrogens is 2. The van der Waals surface area contributed by atoms with Gasteiger partial charge in [0.2, 0.25) is 5.91 Å². The van der Waals surface area contributed by atoms with Crippen molar-refractivity contribution in [2.24, 2.45) is 5.41 Å². The topological polar surface area (TPSA) is 93.2 Å². The minimum Gasteiger partial charge on any atom is -0.380 e. The first kappa shape index (κ1) is 24.3. The number of carbonyl (C=O) groups excluding carboxylic acids is 2. The fraction of sp³-hybridized carbons (Fsp3) is 0.280. The Labute approximate surface area is 199 Å². The molecule has 0 unspecified atom stereocenters. The lowest BCUT2D eigenvalue weighted by Gasteiger charge is -2.25. The van der Waals surface area contributed by atoms with E-state index in [1.54, 1.807) is 24.3 Å². The zero-order valence-electron chi connectivity index (χ0n) is 18.6. The molecule has 2 N–H and O–H groups in total. The number of nitrogens with zero attached hydrogens (tertiary/aromatic N) is 2. The number of rotatable bonds is 8. The van der Waals surface area contributed by atoms with Crippen molar-refractivity contribution in [2.75, 3.05) is 18.5 Å². The SMILES string of the molecule is O=C(C[C@@]1(C(=O)NCc2ccc(Nc3ccccc3C(F)(F)F)cc2)CCOC1)c1cncnc1. The Kier molecular flexibility index (Phi) is 7.11. The number of alkyl halides is 3. The molecule has 3 aromatic rings. The van der Waals surface area contributed by atoms with Crippen LogP contribution in [-0.2, 0) is 22.3 Å². The smallest absolute Gasteiger partial charge is 0.380 e. The summed E-state index contributed by atoms with van der Waals surface area (Å²) in [5.41, 5.74) is -0.204. The van der Waals surface area contributed by atoms with Crippen LogP contribution in [0.3, 0.4) is 0 Å². The Balaban J connectivity index is 1.38. The Hall–Kier alpha value is -3.79. The van der Waals surface area contributed by atoms with Gasteiger partial charge in [-0.05, 0) is 36.2 Å². The molecule has 2 aromatic carbocycles. The second-order valence-electron chi connectivity index (χ2n) is 8.36. The number of Topliss-reactive ketones (excluding diaryl/α,β-unsaturated/α-hetero) is 1. The highest BCUT2D eigenvalue weighted by Gasteiger charge is 2.44. The van der Waals surface area contributed by atoms with Crippen molar-refractivity contribution >= 4 is 23.1 Å². The third-order valence-electron chi connectivity index (χ3n) is 5.88. The van der Waals surface area contributed by atoms with Gasteiger partial charge in [-0.25, -0.2) is 9.97 Å². The fourth-order valence-electron chi connectivity index (χ4n) is 3.93. The molecule has 0 radical (unpaired) electrons. The lowest BCUT2D eigenvalue weighted by atomic mass is 9.80. The third-order valence-corrected chi connectivity index (χ3v) is 5.88. The van der Waals surface area contributed by atoms with Crippen molar-refractivity contribution < 1.29 is 27.5 Å². The maximum atomic E-state index is 13.2. The van der Waals surface area contributed by atoms with Crippen LogP contribution >= 0.6 is 0 Å². The van der Waals surface area contributed by atoms with Gasteiger partial charge < -0.3 is 15.4 Å². The molecule has 1 atom stereocenters. The first-order valence-electron chi connectivity index (χ1n) is 10.9. The van der Waals surface area contributed by atoms with E-state index in [4.69, 9.17) is 4.74 Å². The van der Waals surface area contributed by atoms with Crippen molar-refractivity contribution in [3.05, 3.63) is 83.9 Å². The molecule has 1 fully saturated rings. The van der Waals surface area contributed by atoms with Gasteiger partial charge in [0.05, 0.1) is 28.8 Å². The number of hydrogen-bond donors (Lipinski definition) is 2. The van der Waals surface area contributed by atoms with Gasteiger partial charge in [0.1, 0.15) is 6.33 Å². The summed E-state index contributed by atoms with van der Waals surface area (Å²) in [6, 6.07) is 12.0. The molecule has 0 spiro atoms. The summed E-state index contributed by atoms with van der Waals surface area (Å²) in [6.45, 7) is 0.716. The molecular weight excluding hydrogens is 461 g/mol. The number of hydrogen-bond acceptors (Lipinski definition) is 6. The summed E-state index contributed by atoms with van der Waals surface area (Å²) in [5.74, 6) is -0.526. The van der Waals surface area contributed by atoms with Crippen LogP contribution in [-0.4, -0.2) is 34.9 Å². The van der Waals surface area contributed by atoms with Gasteiger partial charge in [-0.1, -0.05) is 24.3 Å². The molecule has 0 aliphatic carbocycles. The first-order chi connectivity index (χ1) is 16.8. The number of anilines is 2. The average molecular weight is 484 g/mol. The molecular formula is C25H23F3N4O3. The van der Waals surface area contributed by atoms with Crippen LogP contribution in [0.15, 0.2) is 67.3 Å². The summed E-state index contributed by atoms with van der Waals surface area (Å²) >= 11 is 0. The number of benzene rings is 2. The van der Waals surface area contributed by atoms with E-state index < -0.39 is 17.2 Å². The standard InChI is InChI=1S/C25H23F3N4O3/c26-25(27,28)20-3-1-2-4-21(20)32-19-7-5-17(6-8-19)12-31-23(34)24(9-10-35-15-24)11-22(33)18-13-29-16-30-14-18/h1-8,13-14,16,32H,9-12,15H2,(H,31,34)/t24-/m0/s1. The van der Waals surface area contributed by atoms with Crippen LogP contribution in [0.25, 0.3) is 0 Å². The van der Waals surface area contributed by atoms with Crippen LogP contribution in [0.5, 0.6) is 0 Å². The molecule has 35 heavy (non-hydrogen) atoms. The van der Waals surface area contributed by atoms with Gasteiger partial charge in [-0.15, -0.1) is 0 Å². The number of amides is 1. The minimum atomic E-state index is -4.47. The fourth-order valence-corrected chi connectivity index (χ4v) is 3.93. The number of halogens is 3. The zero-order valence-corrected chi connectivity index (χ0v) is 18.6. The van der Waals surface area contributed by atoms with E-state index in [1.165, 1.54) is 36.9 Å². The quantitative estimate of drug-likeness (QED) is 0.456. The molecule has 7 nitrogen and oxygen atoms in total. The van der Waals surface area contributed by atoms with Crippen molar-refractivity contribution in [2.45, 2.75) is 25.6 Å². The van der Waals surface area contributed by atoms with E-state index in [0.717, 1.165) is 11.6 Å². The van der Waals surface area contributed by atoms with Crippen LogP contribution in [0.2, 0.25) is 0 Å². The van der Waals surface area contributed by atoms with Gasteiger partial charge in [0.15, 0.2) is 5.78 Å². The van der Waals surface area contributed by atoms with E-state index in [0.29, 0.717) is 24.3 Å². The first-order valence-corrected chi connectivity index (χ1v) is 10.9. The highest BCUT2D eigenvalue weighted by atomic mass is 19.4. The van der Waals surface area contributed by atoms with E-state index in [1.807, 2.05) is 0 Å². The van der Waals surface area contributed by atoms with E-state index in [2.05, 4.69) is 20.6 Å². The van der Waals surface area contributed by atoms with Crippen LogP contribution in [0.4, 0.5) is 24.5 Å². The van der Waals surface area contributed by atoms with Crippen molar-refractivity contribution in [1.82, 2.24) is 15.3 Å². The Morgan fingerprint density at radius 1 is 1.03 bits per heavy atom. The van der Waals surface area contributed by atoms with Crippen LogP contribution < -0.4 is 10.6 Å². The minimum absolute atomic E-state index is 0.0202. The van der Waals surface area contributed by atoms with E-state index in [-0.39, 0.29) is 37.0 Å². The van der Waals surface area contributed by atoms with Gasteiger partial charge in [-0.2, -0.15) is 13.2 Å². The van der Waals surface area contributed by atoms with Gasteiger partial charge >= 0.3 is 6.18 Å². The Morgan fingerprint density at radius 2 is 1.74 bits per heavy atom. The van der Waals surface area contributed by atoms with E-state index >= 15 is 0 Å². The lowest BCUT2D eigenvalue weighted by molar-refractivity contribution is -0.137. The van der Waals surface area contributed by atoms with E-state index in [9.17, 15) is 22.8 Å². The zero-order chi connectivity index (χ0) is 24.9. The molecule has 1 aliphatic rings. The molecule has 10 heteroatoms. The lowest BCUT2D eigenvalue weighted by Crippen LogP contribution is -2.42. The molecule has 182 valence electrons. The second kappa shape index (κ2) is 10.2. The Bertz CT molecular complexity index is 1180. The largest absolute Gasteiger partial charge is 0.418 e. The summed E-state index contributed by atoms with van der Waals surface area (Å²) < 4.78 is 45.1. The third kappa shape index (κ3) is 5.83. The summed E-state index contributed by atoms with van der Waals surface area (Å²) in [5, 5.41) is 5.65. The second-order valence-corrected chi connectivity index (χ2v) is 8.36. The van der Waals surface area contributed by atoms with Crippen molar-refractivity contribution in [3.8, 4) is 0 Å². The normalized spacial score (nSPS) is 17.7. The van der Waals surface area contributed by atoms with Gasteiger partial charge in [-0.3, -0.25) is 9.59 Å². The van der Waals surface area contributed by atoms with Gasteiger partial charge in [0, 0.05) is 37.7 Å². The van der Waals surface area contributed by atoms with Gasteiger partial charge in [0.25, 0.3) is 0 Å². The predicted molar refractivity (Wildman–Crippen MR) is 122 cm³/mol. The molecule has 0 bridgehead atoms. The predicted octanol–water partition coefficient (Wildman–Crippen LogP) is 4.53. The number of nitrogens with one attached hydrogen (secondary N) is 2. The number of carbonyl (C=O) groups is 2. The molecule has 1 amide bonds. The maximum Gasteiger partial charge on any atom is 0.418 e. The number of ether oxygens (including phenoxy) is 1. The number of para-hydroxylation sites is 1. The maximum absolute atomic E-state index is 13.2. The summed E-state index contributed by atoms with van der Waals surface area (Å²) in [4.78, 5) is 33.4. The summed E-state index contributed by atoms with van der Waals surface area (Å²) in [7, 11) is 0. The molecule has 1 aromatic heterocycles. The average Bonchev–Trinajstić information content (AvgIpc) is 3.33. The molecule has 0 saturated carbocycles. The molecule has 2 heterocycles. The summed E-state index contributed by atoms with van der Waals surface area (Å²) in [6.07, 6.45) is 0.0861. The van der Waals surface area contributed by atoms with Crippen molar-refractivity contribution in [1.29, 1.82) is 0 Å². The van der Waals surface area contributed by atoms with Crippen LogP contribution in [0, 0.1) is 5.41 Å². The van der Waals surface area contributed by atoms with Crippen LogP contribution in [0.1, 0.15) is 34.3 Å². The highest BCUT2D eigenvalue weighted by Crippen LogP contribution is 2.36. The highest BCUT2D eigenvalue weighted by molar-refractivity contribution is 5.99.